The zero-order chi connectivity index (χ0) is 16.5. The summed E-state index contributed by atoms with van der Waals surface area (Å²) in [5.41, 5.74) is 0.360. The predicted molar refractivity (Wildman–Crippen MR) is 88.5 cm³/mol. The molecule has 1 unspecified atom stereocenters. The van der Waals surface area contributed by atoms with Gasteiger partial charge in [-0.3, -0.25) is 4.68 Å². The second-order valence-electron chi connectivity index (χ2n) is 7.44. The van der Waals surface area contributed by atoms with Crippen molar-refractivity contribution in [2.24, 2.45) is 0 Å². The third kappa shape index (κ3) is 3.71. The van der Waals surface area contributed by atoms with E-state index < -0.39 is 10.0 Å². The van der Waals surface area contributed by atoms with Crippen molar-refractivity contribution in [3.05, 3.63) is 11.9 Å². The minimum atomic E-state index is -3.53. The van der Waals surface area contributed by atoms with Gasteiger partial charge in [0.15, 0.2) is 0 Å². The molecular formula is C16H29N3O2S. The number of hydrogen-bond acceptors (Lipinski definition) is 3. The molecule has 0 radical (unpaired) electrons. The first-order chi connectivity index (χ1) is 10.1. The number of sulfonamides is 1. The molecule has 126 valence electrons. The molecule has 1 aliphatic rings. The number of nitrogens with one attached hydrogen (secondary N) is 1. The fourth-order valence-electron chi connectivity index (χ4n) is 2.86. The first kappa shape index (κ1) is 17.5. The Morgan fingerprint density at radius 1 is 1.36 bits per heavy atom. The van der Waals surface area contributed by atoms with Gasteiger partial charge in [0.05, 0.1) is 11.7 Å². The molecule has 1 aliphatic carbocycles. The van der Waals surface area contributed by atoms with Crippen LogP contribution in [-0.4, -0.2) is 24.2 Å². The van der Waals surface area contributed by atoms with E-state index in [2.05, 4.69) is 9.82 Å². The van der Waals surface area contributed by atoms with Gasteiger partial charge < -0.3 is 0 Å². The highest BCUT2D eigenvalue weighted by atomic mass is 32.2. The molecule has 1 fully saturated rings. The smallest absolute Gasteiger partial charge is 0.244 e. The molecule has 0 amide bonds. The highest BCUT2D eigenvalue weighted by molar-refractivity contribution is 7.89. The summed E-state index contributed by atoms with van der Waals surface area (Å²) in [6, 6.07) is 0.265. The molecule has 1 heterocycles. The largest absolute Gasteiger partial charge is 0.268 e. The molecule has 1 atom stereocenters. The Bertz CT molecular complexity index is 608. The van der Waals surface area contributed by atoms with Gasteiger partial charge in [0.1, 0.15) is 4.90 Å². The normalized spacial score (nSPS) is 18.8. The molecule has 6 heteroatoms. The Morgan fingerprint density at radius 3 is 2.45 bits per heavy atom. The number of rotatable bonds is 5. The molecule has 0 saturated heterocycles. The van der Waals surface area contributed by atoms with Crippen LogP contribution in [0, 0.1) is 0 Å². The van der Waals surface area contributed by atoms with Crippen molar-refractivity contribution in [1.29, 1.82) is 0 Å². The lowest BCUT2D eigenvalue weighted by Gasteiger charge is -2.19. The van der Waals surface area contributed by atoms with Crippen LogP contribution in [0.4, 0.5) is 0 Å². The topological polar surface area (TPSA) is 64.0 Å². The van der Waals surface area contributed by atoms with E-state index in [0.717, 1.165) is 19.3 Å². The van der Waals surface area contributed by atoms with Crippen molar-refractivity contribution in [3.8, 4) is 0 Å². The van der Waals surface area contributed by atoms with Crippen molar-refractivity contribution >= 4 is 10.0 Å². The maximum atomic E-state index is 12.7. The lowest BCUT2D eigenvalue weighted by atomic mass is 9.92. The molecule has 1 N–H and O–H groups in total. The van der Waals surface area contributed by atoms with E-state index in [9.17, 15) is 8.42 Å². The van der Waals surface area contributed by atoms with Gasteiger partial charge in [-0.2, -0.15) is 5.10 Å². The van der Waals surface area contributed by atoms with Gasteiger partial charge in [-0.25, -0.2) is 13.1 Å². The summed E-state index contributed by atoms with van der Waals surface area (Å²) in [4.78, 5) is 0.340. The van der Waals surface area contributed by atoms with Gasteiger partial charge in [-0.15, -0.1) is 0 Å². The molecule has 5 nitrogen and oxygen atoms in total. The van der Waals surface area contributed by atoms with Crippen LogP contribution in [-0.2, 0) is 15.4 Å². The van der Waals surface area contributed by atoms with Crippen molar-refractivity contribution in [2.75, 3.05) is 0 Å². The second-order valence-corrected chi connectivity index (χ2v) is 9.12. The van der Waals surface area contributed by atoms with Gasteiger partial charge in [0, 0.05) is 17.7 Å². The Labute approximate surface area is 134 Å². The zero-order valence-corrected chi connectivity index (χ0v) is 15.2. The monoisotopic (exact) mass is 327 g/mol. The summed E-state index contributed by atoms with van der Waals surface area (Å²) >= 11 is 0. The van der Waals surface area contributed by atoms with Crippen LogP contribution in [0.1, 0.15) is 78.5 Å². The molecule has 0 bridgehead atoms. The van der Waals surface area contributed by atoms with Crippen LogP contribution in [0.3, 0.4) is 0 Å². The molecule has 1 saturated carbocycles. The molecule has 1 aromatic heterocycles. The fraction of sp³-hybridized carbons (Fsp3) is 0.812. The number of nitrogens with zero attached hydrogens (tertiary/aromatic N) is 2. The third-order valence-electron chi connectivity index (χ3n) is 4.37. The van der Waals surface area contributed by atoms with Gasteiger partial charge >= 0.3 is 0 Å². The van der Waals surface area contributed by atoms with Crippen LogP contribution >= 0.6 is 0 Å². The van der Waals surface area contributed by atoms with Crippen molar-refractivity contribution in [3.63, 3.8) is 0 Å². The zero-order valence-electron chi connectivity index (χ0n) is 14.4. The Hall–Kier alpha value is -0.880. The van der Waals surface area contributed by atoms with E-state index in [0.29, 0.717) is 16.6 Å². The van der Waals surface area contributed by atoms with Gasteiger partial charge in [-0.1, -0.05) is 40.5 Å². The summed E-state index contributed by atoms with van der Waals surface area (Å²) in [7, 11) is -3.53. The van der Waals surface area contributed by atoms with Gasteiger partial charge in [0.2, 0.25) is 10.0 Å². The maximum absolute atomic E-state index is 12.7. The molecule has 0 aliphatic heterocycles. The van der Waals surface area contributed by atoms with E-state index >= 15 is 0 Å². The van der Waals surface area contributed by atoms with E-state index in [4.69, 9.17) is 0 Å². The van der Waals surface area contributed by atoms with Gasteiger partial charge in [0.25, 0.3) is 0 Å². The number of aromatic nitrogens is 2. The summed E-state index contributed by atoms with van der Waals surface area (Å²) in [6.07, 6.45) is 7.07. The van der Waals surface area contributed by atoms with Crippen LogP contribution in [0.2, 0.25) is 0 Å². The first-order valence-corrected chi connectivity index (χ1v) is 9.75. The van der Waals surface area contributed by atoms with E-state index in [1.807, 2.05) is 39.3 Å². The van der Waals surface area contributed by atoms with Crippen LogP contribution in [0.15, 0.2) is 11.1 Å². The first-order valence-electron chi connectivity index (χ1n) is 8.27. The maximum Gasteiger partial charge on any atom is 0.244 e. The summed E-state index contributed by atoms with van der Waals surface area (Å²) in [6.45, 7) is 9.89. The molecule has 2 rings (SSSR count). The van der Waals surface area contributed by atoms with E-state index in [-0.39, 0.29) is 11.5 Å². The van der Waals surface area contributed by atoms with Crippen LogP contribution in [0.5, 0.6) is 0 Å². The molecular weight excluding hydrogens is 298 g/mol. The minimum Gasteiger partial charge on any atom is -0.268 e. The third-order valence-corrected chi connectivity index (χ3v) is 5.96. The average Bonchev–Trinajstić information content (AvgIpc) is 3.06. The molecule has 22 heavy (non-hydrogen) atoms. The Balaban J connectivity index is 2.44. The lowest BCUT2D eigenvalue weighted by molar-refractivity contribution is 0.448. The summed E-state index contributed by atoms with van der Waals surface area (Å²) < 4.78 is 30.1. The average molecular weight is 327 g/mol. The standard InChI is InChI=1S/C16H29N3O2S/c1-6-12(2)18-22(20,21)14-11-19(13-9-7-8-10-13)17-15(14)16(3,4)5/h11-13,18H,6-10H2,1-5H3. The Morgan fingerprint density at radius 2 is 1.95 bits per heavy atom. The van der Waals surface area contributed by atoms with Crippen molar-refractivity contribution in [2.45, 2.75) is 89.1 Å². The fourth-order valence-corrected chi connectivity index (χ4v) is 4.53. The SMILES string of the molecule is CCC(C)NS(=O)(=O)c1cn(C2CCCC2)nc1C(C)(C)C. The highest BCUT2D eigenvalue weighted by Gasteiger charge is 2.32. The Kier molecular flexibility index (Phi) is 5.02. The van der Waals surface area contributed by atoms with Crippen molar-refractivity contribution < 1.29 is 8.42 Å². The number of hydrogen-bond donors (Lipinski definition) is 1. The summed E-state index contributed by atoms with van der Waals surface area (Å²) in [5, 5.41) is 4.66. The molecule has 1 aromatic rings. The molecule has 0 aromatic carbocycles. The van der Waals surface area contributed by atoms with E-state index in [1.54, 1.807) is 6.20 Å². The van der Waals surface area contributed by atoms with E-state index in [1.165, 1.54) is 12.8 Å². The van der Waals surface area contributed by atoms with Crippen LogP contribution < -0.4 is 4.72 Å². The summed E-state index contributed by atoms with van der Waals surface area (Å²) in [5.74, 6) is 0. The minimum absolute atomic E-state index is 0.0763. The van der Waals surface area contributed by atoms with Crippen molar-refractivity contribution in [1.82, 2.24) is 14.5 Å². The highest BCUT2D eigenvalue weighted by Crippen LogP contribution is 2.33. The lowest BCUT2D eigenvalue weighted by Crippen LogP contribution is -2.33. The predicted octanol–water partition coefficient (Wildman–Crippen LogP) is 3.37. The van der Waals surface area contributed by atoms with Crippen LogP contribution in [0.25, 0.3) is 0 Å². The second kappa shape index (κ2) is 6.32. The van der Waals surface area contributed by atoms with Gasteiger partial charge in [-0.05, 0) is 26.2 Å². The quantitative estimate of drug-likeness (QED) is 0.902. The molecule has 0 spiro atoms.